The molecular formula is C31H26F2N2O4. The van der Waals surface area contributed by atoms with E-state index in [1.54, 1.807) is 48.5 Å². The van der Waals surface area contributed by atoms with Gasteiger partial charge in [-0.15, -0.1) is 0 Å². The van der Waals surface area contributed by atoms with Crippen molar-refractivity contribution in [2.45, 2.75) is 19.5 Å². The van der Waals surface area contributed by atoms with Crippen LogP contribution < -0.4 is 5.32 Å². The van der Waals surface area contributed by atoms with Gasteiger partial charge in [-0.2, -0.15) is 0 Å². The van der Waals surface area contributed by atoms with E-state index in [1.165, 1.54) is 4.90 Å². The Bertz CT molecular complexity index is 1490. The van der Waals surface area contributed by atoms with Crippen molar-refractivity contribution in [2.75, 3.05) is 6.54 Å². The molecule has 0 saturated carbocycles. The maximum atomic E-state index is 14.1. The molecule has 39 heavy (non-hydrogen) atoms. The average molecular weight is 529 g/mol. The van der Waals surface area contributed by atoms with Gasteiger partial charge in [-0.05, 0) is 47.0 Å². The number of nitrogens with one attached hydrogen (secondary N) is 1. The topological polar surface area (TPSA) is 86.7 Å². The molecule has 0 radical (unpaired) electrons. The molecule has 4 aromatic rings. The van der Waals surface area contributed by atoms with Gasteiger partial charge in [-0.25, -0.2) is 8.78 Å². The van der Waals surface area contributed by atoms with E-state index in [2.05, 4.69) is 5.32 Å². The van der Waals surface area contributed by atoms with E-state index in [0.717, 1.165) is 23.8 Å². The van der Waals surface area contributed by atoms with Crippen molar-refractivity contribution >= 4 is 17.8 Å². The summed E-state index contributed by atoms with van der Waals surface area (Å²) in [6, 6.07) is 25.7. The zero-order valence-corrected chi connectivity index (χ0v) is 20.9. The molecule has 0 bridgehead atoms. The molecule has 0 aliphatic rings. The molecule has 0 heterocycles. The molecular weight excluding hydrogens is 502 g/mol. The van der Waals surface area contributed by atoms with E-state index in [0.29, 0.717) is 16.7 Å². The lowest BCUT2D eigenvalue weighted by atomic mass is 9.94. The highest BCUT2D eigenvalue weighted by molar-refractivity contribution is 6.06. The Morgan fingerprint density at radius 2 is 1.38 bits per heavy atom. The summed E-state index contributed by atoms with van der Waals surface area (Å²) in [6.45, 7) is -0.0152. The van der Waals surface area contributed by atoms with Gasteiger partial charge in [0.1, 0.15) is 11.6 Å². The lowest BCUT2D eigenvalue weighted by Crippen LogP contribution is -2.33. The molecule has 198 valence electrons. The zero-order valence-electron chi connectivity index (χ0n) is 20.9. The van der Waals surface area contributed by atoms with E-state index in [1.807, 2.05) is 30.3 Å². The van der Waals surface area contributed by atoms with E-state index in [9.17, 15) is 28.3 Å². The van der Waals surface area contributed by atoms with Crippen LogP contribution in [0.4, 0.5) is 8.78 Å². The van der Waals surface area contributed by atoms with Gasteiger partial charge in [0.15, 0.2) is 0 Å². The van der Waals surface area contributed by atoms with Crippen LogP contribution in [-0.2, 0) is 17.9 Å². The maximum absolute atomic E-state index is 14.1. The van der Waals surface area contributed by atoms with Crippen LogP contribution in [-0.4, -0.2) is 34.3 Å². The van der Waals surface area contributed by atoms with Gasteiger partial charge in [0.2, 0.25) is 0 Å². The SMILES string of the molecule is O=C(O)CCN(Cc1ccccc1)C(=O)c1ccccc1-c1ccccc1C(=O)NCc1cc(F)ccc1F. The fourth-order valence-electron chi connectivity index (χ4n) is 4.23. The van der Waals surface area contributed by atoms with Gasteiger partial charge >= 0.3 is 5.97 Å². The number of nitrogens with zero attached hydrogens (tertiary/aromatic N) is 1. The monoisotopic (exact) mass is 528 g/mol. The number of carboxylic acids is 1. The number of carbonyl (C=O) groups excluding carboxylic acids is 2. The number of carbonyl (C=O) groups is 3. The van der Waals surface area contributed by atoms with Crippen molar-refractivity contribution in [1.29, 1.82) is 0 Å². The van der Waals surface area contributed by atoms with E-state index in [-0.39, 0.29) is 43.1 Å². The molecule has 0 unspecified atom stereocenters. The fourth-order valence-corrected chi connectivity index (χ4v) is 4.23. The first kappa shape index (κ1) is 27.2. The first-order valence-electron chi connectivity index (χ1n) is 12.3. The lowest BCUT2D eigenvalue weighted by molar-refractivity contribution is -0.137. The van der Waals surface area contributed by atoms with Crippen molar-refractivity contribution in [1.82, 2.24) is 10.2 Å². The van der Waals surface area contributed by atoms with Gasteiger partial charge in [0.05, 0.1) is 6.42 Å². The van der Waals surface area contributed by atoms with Crippen molar-refractivity contribution < 1.29 is 28.3 Å². The van der Waals surface area contributed by atoms with Crippen LogP contribution >= 0.6 is 0 Å². The highest BCUT2D eigenvalue weighted by atomic mass is 19.1. The fraction of sp³-hybridized carbons (Fsp3) is 0.129. The predicted molar refractivity (Wildman–Crippen MR) is 143 cm³/mol. The molecule has 0 fully saturated rings. The maximum Gasteiger partial charge on any atom is 0.305 e. The molecule has 0 saturated heterocycles. The summed E-state index contributed by atoms with van der Waals surface area (Å²) in [7, 11) is 0. The largest absolute Gasteiger partial charge is 0.481 e. The summed E-state index contributed by atoms with van der Waals surface area (Å²) in [5.74, 6) is -3.18. The first-order valence-corrected chi connectivity index (χ1v) is 12.3. The molecule has 0 aliphatic heterocycles. The number of amides is 2. The molecule has 0 aliphatic carbocycles. The minimum absolute atomic E-state index is 0.00126. The first-order chi connectivity index (χ1) is 18.8. The molecule has 0 spiro atoms. The Labute approximate surface area is 224 Å². The third kappa shape index (κ3) is 6.93. The minimum Gasteiger partial charge on any atom is -0.481 e. The Kier molecular flexibility index (Phi) is 8.78. The third-order valence-corrected chi connectivity index (χ3v) is 6.17. The summed E-state index contributed by atoms with van der Waals surface area (Å²) >= 11 is 0. The van der Waals surface area contributed by atoms with Gasteiger partial charge in [0.25, 0.3) is 11.8 Å². The van der Waals surface area contributed by atoms with Crippen LogP contribution in [0, 0.1) is 11.6 Å². The van der Waals surface area contributed by atoms with Crippen molar-refractivity contribution in [3.05, 3.63) is 131 Å². The second-order valence-electron chi connectivity index (χ2n) is 8.87. The van der Waals surface area contributed by atoms with Gasteiger partial charge in [-0.3, -0.25) is 14.4 Å². The molecule has 8 heteroatoms. The summed E-state index contributed by atoms with van der Waals surface area (Å²) in [5.41, 5.74) is 2.35. The number of aliphatic carboxylic acids is 1. The molecule has 2 N–H and O–H groups in total. The second-order valence-corrected chi connectivity index (χ2v) is 8.87. The van der Waals surface area contributed by atoms with Crippen molar-refractivity contribution in [2.24, 2.45) is 0 Å². The number of carboxylic acid groups (broad SMARTS) is 1. The predicted octanol–water partition coefficient (Wildman–Crippen LogP) is 5.68. The second kappa shape index (κ2) is 12.6. The number of benzene rings is 4. The number of hydrogen-bond acceptors (Lipinski definition) is 3. The van der Waals surface area contributed by atoms with E-state index >= 15 is 0 Å². The summed E-state index contributed by atoms with van der Waals surface area (Å²) in [4.78, 5) is 39.7. The smallest absolute Gasteiger partial charge is 0.305 e. The molecule has 4 rings (SSSR count). The highest BCUT2D eigenvalue weighted by Gasteiger charge is 2.23. The van der Waals surface area contributed by atoms with Gasteiger partial charge in [-0.1, -0.05) is 66.7 Å². The summed E-state index contributed by atoms with van der Waals surface area (Å²) in [5, 5.41) is 11.9. The highest BCUT2D eigenvalue weighted by Crippen LogP contribution is 2.29. The van der Waals surface area contributed by atoms with Crippen LogP contribution in [0.3, 0.4) is 0 Å². The average Bonchev–Trinajstić information content (AvgIpc) is 2.95. The van der Waals surface area contributed by atoms with Gasteiger partial charge in [0, 0.05) is 36.3 Å². The minimum atomic E-state index is -1.02. The quantitative estimate of drug-likeness (QED) is 0.277. The Hall–Kier alpha value is -4.85. The van der Waals surface area contributed by atoms with Crippen LogP contribution in [0.25, 0.3) is 11.1 Å². The van der Waals surface area contributed by atoms with Crippen LogP contribution in [0.2, 0.25) is 0 Å². The number of halogens is 2. The molecule has 6 nitrogen and oxygen atoms in total. The zero-order chi connectivity index (χ0) is 27.8. The normalized spacial score (nSPS) is 10.6. The molecule has 2 amide bonds. The van der Waals surface area contributed by atoms with E-state index in [4.69, 9.17) is 0 Å². The van der Waals surface area contributed by atoms with Crippen molar-refractivity contribution in [3.8, 4) is 11.1 Å². The summed E-state index contributed by atoms with van der Waals surface area (Å²) < 4.78 is 27.6. The summed E-state index contributed by atoms with van der Waals surface area (Å²) in [6.07, 6.45) is -0.226. The lowest BCUT2D eigenvalue weighted by Gasteiger charge is -2.24. The molecule has 4 aromatic carbocycles. The Morgan fingerprint density at radius 1 is 0.769 bits per heavy atom. The standard InChI is InChI=1S/C31H26F2N2O4/c32-23-14-15-28(33)22(18-23)19-34-30(38)26-12-6-4-10-24(26)25-11-5-7-13-27(25)31(39)35(17-16-29(36)37)20-21-8-2-1-3-9-21/h1-15,18H,16-17,19-20H2,(H,34,38)(H,36,37). The number of hydrogen-bond donors (Lipinski definition) is 2. The Morgan fingerprint density at radius 3 is 2.08 bits per heavy atom. The number of rotatable bonds is 10. The molecule has 0 atom stereocenters. The van der Waals surface area contributed by atoms with Gasteiger partial charge < -0.3 is 15.3 Å². The van der Waals surface area contributed by atoms with Crippen LogP contribution in [0.5, 0.6) is 0 Å². The van der Waals surface area contributed by atoms with Crippen LogP contribution in [0.15, 0.2) is 97.1 Å². The third-order valence-electron chi connectivity index (χ3n) is 6.17. The molecule has 0 aromatic heterocycles. The Balaban J connectivity index is 1.64. The van der Waals surface area contributed by atoms with Crippen molar-refractivity contribution in [3.63, 3.8) is 0 Å². The van der Waals surface area contributed by atoms with E-state index < -0.39 is 23.5 Å². The van der Waals surface area contributed by atoms with Crippen LogP contribution in [0.1, 0.15) is 38.3 Å².